The molecule has 0 saturated heterocycles. The third kappa shape index (κ3) is 4.85. The van der Waals surface area contributed by atoms with Crippen molar-refractivity contribution in [1.29, 1.82) is 0 Å². The SMILES string of the molecule is CC(C)(C)[Si](C)(C)OCc1ccc(OCc2ccccc2)c(O)c1. The quantitative estimate of drug-likeness (QED) is 0.704. The Balaban J connectivity index is 1.97. The van der Waals surface area contributed by atoms with Crippen LogP contribution in [-0.2, 0) is 17.6 Å². The summed E-state index contributed by atoms with van der Waals surface area (Å²) in [6, 6.07) is 15.4. The van der Waals surface area contributed by atoms with E-state index in [1.54, 1.807) is 6.07 Å². The lowest BCUT2D eigenvalue weighted by Crippen LogP contribution is -2.40. The van der Waals surface area contributed by atoms with Gasteiger partial charge in [-0.25, -0.2) is 0 Å². The predicted molar refractivity (Wildman–Crippen MR) is 101 cm³/mol. The number of benzene rings is 2. The summed E-state index contributed by atoms with van der Waals surface area (Å²) in [5, 5.41) is 10.4. The second-order valence-corrected chi connectivity index (χ2v) is 12.4. The van der Waals surface area contributed by atoms with Gasteiger partial charge in [-0.1, -0.05) is 57.2 Å². The van der Waals surface area contributed by atoms with E-state index in [9.17, 15) is 5.11 Å². The molecule has 0 saturated carbocycles. The molecule has 0 heterocycles. The first-order valence-electron chi connectivity index (χ1n) is 8.32. The van der Waals surface area contributed by atoms with Crippen LogP contribution in [0.5, 0.6) is 11.5 Å². The Hall–Kier alpha value is -1.78. The minimum Gasteiger partial charge on any atom is -0.504 e. The first kappa shape index (κ1) is 18.6. The third-order valence-corrected chi connectivity index (χ3v) is 9.14. The van der Waals surface area contributed by atoms with E-state index < -0.39 is 8.32 Å². The summed E-state index contributed by atoms with van der Waals surface area (Å²) in [6.45, 7) is 12.1. The number of phenols is 1. The molecule has 0 fully saturated rings. The maximum Gasteiger partial charge on any atom is 0.192 e. The van der Waals surface area contributed by atoms with Crippen LogP contribution in [0, 0.1) is 0 Å². The molecule has 0 radical (unpaired) electrons. The molecule has 0 bridgehead atoms. The van der Waals surface area contributed by atoms with Gasteiger partial charge in [-0.15, -0.1) is 0 Å². The number of rotatable bonds is 6. The molecule has 4 heteroatoms. The molecule has 1 N–H and O–H groups in total. The topological polar surface area (TPSA) is 38.7 Å². The van der Waals surface area contributed by atoms with Crippen molar-refractivity contribution in [3.8, 4) is 11.5 Å². The van der Waals surface area contributed by atoms with Crippen molar-refractivity contribution < 1.29 is 14.3 Å². The fourth-order valence-electron chi connectivity index (χ4n) is 1.99. The van der Waals surface area contributed by atoms with Gasteiger partial charge in [-0.2, -0.15) is 0 Å². The standard InChI is InChI=1S/C20H28O3Si/c1-20(2,3)24(4,5)23-15-17-11-12-19(18(21)13-17)22-14-16-9-7-6-8-10-16/h6-13,21H,14-15H2,1-5H3. The molecule has 0 atom stereocenters. The Morgan fingerprint density at radius 1 is 0.917 bits per heavy atom. The van der Waals surface area contributed by atoms with E-state index in [2.05, 4.69) is 33.9 Å². The summed E-state index contributed by atoms with van der Waals surface area (Å²) in [7, 11) is -1.79. The zero-order valence-corrected chi connectivity index (χ0v) is 16.3. The number of hydrogen-bond donors (Lipinski definition) is 1. The molecule has 2 aromatic carbocycles. The summed E-state index contributed by atoms with van der Waals surface area (Å²) in [5.41, 5.74) is 2.03. The number of ether oxygens (including phenoxy) is 1. The van der Waals surface area contributed by atoms with Gasteiger partial charge >= 0.3 is 0 Å². The highest BCUT2D eigenvalue weighted by Gasteiger charge is 2.37. The molecule has 0 aromatic heterocycles. The van der Waals surface area contributed by atoms with Gasteiger partial charge in [0.1, 0.15) is 6.61 Å². The van der Waals surface area contributed by atoms with E-state index in [4.69, 9.17) is 9.16 Å². The summed E-state index contributed by atoms with van der Waals surface area (Å²) >= 11 is 0. The first-order valence-corrected chi connectivity index (χ1v) is 11.2. The summed E-state index contributed by atoms with van der Waals surface area (Å²) in [5.74, 6) is 0.650. The highest BCUT2D eigenvalue weighted by Crippen LogP contribution is 2.37. The zero-order chi connectivity index (χ0) is 17.8. The zero-order valence-electron chi connectivity index (χ0n) is 15.3. The van der Waals surface area contributed by atoms with Crippen molar-refractivity contribution in [2.24, 2.45) is 0 Å². The molecule has 3 nitrogen and oxygen atoms in total. The largest absolute Gasteiger partial charge is 0.504 e. The smallest absolute Gasteiger partial charge is 0.192 e. The summed E-state index contributed by atoms with van der Waals surface area (Å²) in [6.07, 6.45) is 0. The lowest BCUT2D eigenvalue weighted by atomic mass is 10.2. The van der Waals surface area contributed by atoms with E-state index >= 15 is 0 Å². The molecule has 0 amide bonds. The average molecular weight is 345 g/mol. The Bertz CT molecular complexity index is 660. The molecule has 0 aliphatic carbocycles. The van der Waals surface area contributed by atoms with Crippen molar-refractivity contribution in [2.75, 3.05) is 0 Å². The normalized spacial score (nSPS) is 12.2. The van der Waals surface area contributed by atoms with Gasteiger partial charge in [0.05, 0.1) is 6.61 Å². The molecule has 24 heavy (non-hydrogen) atoms. The fourth-order valence-corrected chi connectivity index (χ4v) is 2.95. The summed E-state index contributed by atoms with van der Waals surface area (Å²) in [4.78, 5) is 0. The van der Waals surface area contributed by atoms with Gasteiger partial charge in [0, 0.05) is 0 Å². The second kappa shape index (κ2) is 7.41. The van der Waals surface area contributed by atoms with Crippen molar-refractivity contribution >= 4 is 8.32 Å². The van der Waals surface area contributed by atoms with Crippen LogP contribution in [0.25, 0.3) is 0 Å². The van der Waals surface area contributed by atoms with Gasteiger partial charge in [-0.05, 0) is 41.4 Å². The highest BCUT2D eigenvalue weighted by molar-refractivity contribution is 6.74. The molecule has 0 aliphatic rings. The van der Waals surface area contributed by atoms with Crippen LogP contribution in [0.4, 0.5) is 0 Å². The van der Waals surface area contributed by atoms with Crippen LogP contribution < -0.4 is 4.74 Å². The molecule has 2 rings (SSSR count). The Morgan fingerprint density at radius 2 is 1.58 bits per heavy atom. The molecular formula is C20H28O3Si. The molecular weight excluding hydrogens is 316 g/mol. The van der Waals surface area contributed by atoms with E-state index in [0.717, 1.165) is 11.1 Å². The van der Waals surface area contributed by atoms with Crippen molar-refractivity contribution in [3.05, 3.63) is 59.7 Å². The molecule has 0 unspecified atom stereocenters. The van der Waals surface area contributed by atoms with Gasteiger partial charge in [0.25, 0.3) is 0 Å². The Kier molecular flexibility index (Phi) is 5.73. The lowest BCUT2D eigenvalue weighted by Gasteiger charge is -2.36. The minimum absolute atomic E-state index is 0.155. The minimum atomic E-state index is -1.79. The first-order chi connectivity index (χ1) is 11.2. The van der Waals surface area contributed by atoms with Crippen LogP contribution in [0.3, 0.4) is 0 Å². The van der Waals surface area contributed by atoms with E-state index in [1.807, 2.05) is 42.5 Å². The summed E-state index contributed by atoms with van der Waals surface area (Å²) < 4.78 is 11.9. The maximum atomic E-state index is 10.2. The fraction of sp³-hybridized carbons (Fsp3) is 0.400. The Labute approximate surface area is 146 Å². The van der Waals surface area contributed by atoms with Gasteiger partial charge < -0.3 is 14.3 Å². The molecule has 0 aliphatic heterocycles. The monoisotopic (exact) mass is 344 g/mol. The molecule has 2 aromatic rings. The van der Waals surface area contributed by atoms with E-state index in [-0.39, 0.29) is 10.8 Å². The number of phenolic OH excluding ortho intramolecular Hbond substituents is 1. The van der Waals surface area contributed by atoms with Crippen LogP contribution in [0.1, 0.15) is 31.9 Å². The lowest BCUT2D eigenvalue weighted by molar-refractivity contribution is 0.272. The molecule has 130 valence electrons. The van der Waals surface area contributed by atoms with Crippen LogP contribution in [-0.4, -0.2) is 13.4 Å². The van der Waals surface area contributed by atoms with Gasteiger partial charge in [-0.3, -0.25) is 0 Å². The van der Waals surface area contributed by atoms with Crippen LogP contribution in [0.15, 0.2) is 48.5 Å². The predicted octanol–water partition coefficient (Wildman–Crippen LogP) is 5.49. The third-order valence-electron chi connectivity index (χ3n) is 4.67. The Morgan fingerprint density at radius 3 is 2.17 bits per heavy atom. The van der Waals surface area contributed by atoms with Crippen molar-refractivity contribution in [2.45, 2.75) is 52.1 Å². The average Bonchev–Trinajstić information content (AvgIpc) is 2.52. The van der Waals surface area contributed by atoms with Gasteiger partial charge in [0.15, 0.2) is 19.8 Å². The van der Waals surface area contributed by atoms with Gasteiger partial charge in [0.2, 0.25) is 0 Å². The second-order valence-electron chi connectivity index (χ2n) is 7.63. The van der Waals surface area contributed by atoms with E-state index in [0.29, 0.717) is 19.0 Å². The molecule has 0 spiro atoms. The van der Waals surface area contributed by atoms with Crippen LogP contribution >= 0.6 is 0 Å². The van der Waals surface area contributed by atoms with Crippen molar-refractivity contribution in [1.82, 2.24) is 0 Å². The number of aromatic hydroxyl groups is 1. The van der Waals surface area contributed by atoms with Crippen LogP contribution in [0.2, 0.25) is 18.1 Å². The van der Waals surface area contributed by atoms with E-state index in [1.165, 1.54) is 0 Å². The maximum absolute atomic E-state index is 10.2. The highest BCUT2D eigenvalue weighted by atomic mass is 28.4. The van der Waals surface area contributed by atoms with Crippen molar-refractivity contribution in [3.63, 3.8) is 0 Å². The number of hydrogen-bond acceptors (Lipinski definition) is 3.